The first-order valence-corrected chi connectivity index (χ1v) is 12.9. The van der Waals surface area contributed by atoms with Gasteiger partial charge in [0.15, 0.2) is 9.84 Å². The number of hydrogen-bond acceptors (Lipinski definition) is 5. The average molecular weight is 471 g/mol. The lowest BCUT2D eigenvalue weighted by atomic mass is 9.86. The second-order valence-corrected chi connectivity index (χ2v) is 12.0. The molecule has 2 amide bonds. The molecule has 0 saturated carbocycles. The van der Waals surface area contributed by atoms with E-state index in [1.165, 1.54) is 0 Å². The van der Waals surface area contributed by atoms with Gasteiger partial charge in [-0.1, -0.05) is 31.2 Å². The van der Waals surface area contributed by atoms with Crippen LogP contribution < -0.4 is 5.32 Å². The van der Waals surface area contributed by atoms with E-state index in [1.807, 2.05) is 45.0 Å². The number of hydrogen-bond donors (Lipinski definition) is 1. The van der Waals surface area contributed by atoms with Crippen LogP contribution in [0.3, 0.4) is 0 Å². The van der Waals surface area contributed by atoms with Gasteiger partial charge in [-0.3, -0.25) is 4.79 Å². The summed E-state index contributed by atoms with van der Waals surface area (Å²) in [5, 5.41) is 2.99. The molecule has 2 unspecified atom stereocenters. The van der Waals surface area contributed by atoms with E-state index in [0.717, 1.165) is 16.7 Å². The molecular formula is C25H30N2O5S. The second kappa shape index (κ2) is 8.48. The zero-order valence-electron chi connectivity index (χ0n) is 19.4. The fourth-order valence-corrected chi connectivity index (χ4v) is 5.44. The van der Waals surface area contributed by atoms with Crippen molar-refractivity contribution in [1.29, 1.82) is 0 Å². The molecular weight excluding hydrogens is 440 g/mol. The molecule has 0 aliphatic carbocycles. The summed E-state index contributed by atoms with van der Waals surface area (Å²) in [7, 11) is -3.33. The van der Waals surface area contributed by atoms with Crippen molar-refractivity contribution in [2.24, 2.45) is 5.92 Å². The molecule has 8 heteroatoms. The van der Waals surface area contributed by atoms with E-state index in [0.29, 0.717) is 25.2 Å². The van der Waals surface area contributed by atoms with Gasteiger partial charge < -0.3 is 15.0 Å². The summed E-state index contributed by atoms with van der Waals surface area (Å²) in [6.45, 7) is 8.65. The minimum atomic E-state index is -3.33. The van der Waals surface area contributed by atoms with Crippen molar-refractivity contribution in [3.05, 3.63) is 53.6 Å². The van der Waals surface area contributed by atoms with Crippen LogP contribution in [0, 0.1) is 5.92 Å². The highest BCUT2D eigenvalue weighted by Crippen LogP contribution is 2.38. The van der Waals surface area contributed by atoms with Crippen LogP contribution in [-0.2, 0) is 14.6 Å². The van der Waals surface area contributed by atoms with Gasteiger partial charge in [0, 0.05) is 37.0 Å². The minimum Gasteiger partial charge on any atom is -0.444 e. The molecule has 7 nitrogen and oxygen atoms in total. The summed E-state index contributed by atoms with van der Waals surface area (Å²) < 4.78 is 30.2. The van der Waals surface area contributed by atoms with Gasteiger partial charge in [0.2, 0.25) is 0 Å². The van der Waals surface area contributed by atoms with E-state index in [1.54, 1.807) is 30.0 Å². The molecule has 1 fully saturated rings. The smallest absolute Gasteiger partial charge is 0.410 e. The molecule has 0 radical (unpaired) electrons. The minimum absolute atomic E-state index is 0.0207. The first-order valence-electron chi connectivity index (χ1n) is 11.2. The normalized spacial score (nSPS) is 20.5. The van der Waals surface area contributed by atoms with E-state index < -0.39 is 15.4 Å². The molecule has 1 N–H and O–H groups in total. The topological polar surface area (TPSA) is 92.8 Å². The molecule has 2 aromatic carbocycles. The Morgan fingerprint density at radius 2 is 1.85 bits per heavy atom. The number of nitrogens with zero attached hydrogens (tertiary/aromatic N) is 1. The summed E-state index contributed by atoms with van der Waals surface area (Å²) >= 11 is 0. The standard InChI is InChI=1S/C25H30N2O5S/c1-5-33(30,31)19-8-6-7-16(11-19)17-9-10-20-21(12-17)23(28)26-13-18-14-27(15-22(18)20)24(29)32-25(2,3)4/h6-12,18,22H,5,13-15H2,1-4H3,(H,26,28). The summed E-state index contributed by atoms with van der Waals surface area (Å²) in [5.41, 5.74) is 2.42. The average Bonchev–Trinajstić information content (AvgIpc) is 3.15. The van der Waals surface area contributed by atoms with Crippen molar-refractivity contribution in [3.8, 4) is 11.1 Å². The molecule has 176 valence electrons. The summed E-state index contributed by atoms with van der Waals surface area (Å²) in [6, 6.07) is 12.5. The van der Waals surface area contributed by atoms with Gasteiger partial charge in [-0.05, 0) is 55.7 Å². The van der Waals surface area contributed by atoms with Crippen molar-refractivity contribution in [1.82, 2.24) is 10.2 Å². The maximum atomic E-state index is 12.9. The van der Waals surface area contributed by atoms with Crippen molar-refractivity contribution in [3.63, 3.8) is 0 Å². The molecule has 0 aromatic heterocycles. The first-order chi connectivity index (χ1) is 15.5. The van der Waals surface area contributed by atoms with Crippen LogP contribution in [0.2, 0.25) is 0 Å². The van der Waals surface area contributed by atoms with Gasteiger partial charge in [0.1, 0.15) is 5.60 Å². The summed E-state index contributed by atoms with van der Waals surface area (Å²) in [5.74, 6) is 0.00148. The summed E-state index contributed by atoms with van der Waals surface area (Å²) in [4.78, 5) is 27.5. The highest BCUT2D eigenvalue weighted by Gasteiger charge is 2.41. The maximum absolute atomic E-state index is 12.9. The fourth-order valence-electron chi connectivity index (χ4n) is 4.52. The number of sulfone groups is 1. The van der Waals surface area contributed by atoms with Crippen LogP contribution in [0.15, 0.2) is 47.4 Å². The van der Waals surface area contributed by atoms with E-state index in [4.69, 9.17) is 4.74 Å². The van der Waals surface area contributed by atoms with Gasteiger partial charge in [-0.15, -0.1) is 0 Å². The zero-order chi connectivity index (χ0) is 24.0. The van der Waals surface area contributed by atoms with E-state index in [2.05, 4.69) is 5.32 Å². The Morgan fingerprint density at radius 1 is 1.12 bits per heavy atom. The number of amides is 2. The lowest BCUT2D eigenvalue weighted by Crippen LogP contribution is -2.36. The number of carbonyl (C=O) groups excluding carboxylic acids is 2. The van der Waals surface area contributed by atoms with Crippen LogP contribution in [0.25, 0.3) is 11.1 Å². The SMILES string of the molecule is CCS(=O)(=O)c1cccc(-c2ccc3c(c2)C(=O)NCC2CN(C(=O)OC(C)(C)C)CC32)c1. The van der Waals surface area contributed by atoms with Crippen LogP contribution in [0.5, 0.6) is 0 Å². The molecule has 1 saturated heterocycles. The quantitative estimate of drug-likeness (QED) is 0.736. The van der Waals surface area contributed by atoms with Crippen molar-refractivity contribution < 1.29 is 22.7 Å². The molecule has 2 aliphatic heterocycles. The van der Waals surface area contributed by atoms with Crippen LogP contribution in [-0.4, -0.2) is 56.3 Å². The van der Waals surface area contributed by atoms with E-state index in [-0.39, 0.29) is 34.5 Å². The molecule has 33 heavy (non-hydrogen) atoms. The third kappa shape index (κ3) is 4.76. The second-order valence-electron chi connectivity index (χ2n) is 9.70. The van der Waals surface area contributed by atoms with Crippen LogP contribution >= 0.6 is 0 Å². The Bertz CT molecular complexity index is 1200. The van der Waals surface area contributed by atoms with Gasteiger partial charge in [0.25, 0.3) is 5.91 Å². The van der Waals surface area contributed by atoms with Gasteiger partial charge in [-0.2, -0.15) is 0 Å². The number of rotatable bonds is 3. The highest BCUT2D eigenvalue weighted by atomic mass is 32.2. The number of benzene rings is 2. The monoisotopic (exact) mass is 470 g/mol. The van der Waals surface area contributed by atoms with Gasteiger partial charge in [-0.25, -0.2) is 13.2 Å². The lowest BCUT2D eigenvalue weighted by Gasteiger charge is -2.24. The van der Waals surface area contributed by atoms with Gasteiger partial charge in [0.05, 0.1) is 10.6 Å². The Balaban J connectivity index is 1.66. The van der Waals surface area contributed by atoms with Crippen molar-refractivity contribution in [2.45, 2.75) is 44.1 Å². The van der Waals surface area contributed by atoms with Crippen LogP contribution in [0.4, 0.5) is 4.79 Å². The lowest BCUT2D eigenvalue weighted by molar-refractivity contribution is 0.0287. The number of fused-ring (bicyclic) bond motifs is 3. The molecule has 4 rings (SSSR count). The first kappa shape index (κ1) is 23.3. The zero-order valence-corrected chi connectivity index (χ0v) is 20.2. The largest absolute Gasteiger partial charge is 0.444 e. The maximum Gasteiger partial charge on any atom is 0.410 e. The Labute approximate surface area is 195 Å². The molecule has 0 bridgehead atoms. The summed E-state index contributed by atoms with van der Waals surface area (Å²) in [6.07, 6.45) is -0.339. The predicted octanol–water partition coefficient (Wildman–Crippen LogP) is 3.84. The Hall–Kier alpha value is -2.87. The Morgan fingerprint density at radius 3 is 2.55 bits per heavy atom. The van der Waals surface area contributed by atoms with Crippen molar-refractivity contribution in [2.75, 3.05) is 25.4 Å². The predicted molar refractivity (Wildman–Crippen MR) is 126 cm³/mol. The molecule has 2 heterocycles. The van der Waals surface area contributed by atoms with Crippen molar-refractivity contribution >= 4 is 21.8 Å². The molecule has 2 aromatic rings. The van der Waals surface area contributed by atoms with E-state index >= 15 is 0 Å². The number of carbonyl (C=O) groups is 2. The molecule has 2 atom stereocenters. The molecule has 2 aliphatic rings. The molecule has 0 spiro atoms. The fraction of sp³-hybridized carbons (Fsp3) is 0.440. The van der Waals surface area contributed by atoms with Gasteiger partial charge >= 0.3 is 6.09 Å². The third-order valence-corrected chi connectivity index (χ3v) is 7.95. The highest BCUT2D eigenvalue weighted by molar-refractivity contribution is 7.91. The van der Waals surface area contributed by atoms with E-state index in [9.17, 15) is 18.0 Å². The number of ether oxygens (including phenoxy) is 1. The van der Waals surface area contributed by atoms with Crippen LogP contribution in [0.1, 0.15) is 49.5 Å². The Kier molecular flexibility index (Phi) is 5.99. The third-order valence-electron chi connectivity index (χ3n) is 6.22. The number of nitrogens with one attached hydrogen (secondary N) is 1. The number of likely N-dealkylation sites (tertiary alicyclic amines) is 1.